The van der Waals surface area contributed by atoms with Crippen molar-refractivity contribution in [3.63, 3.8) is 0 Å². The molecule has 0 saturated carbocycles. The van der Waals surface area contributed by atoms with Gasteiger partial charge in [0, 0.05) is 4.47 Å². The smallest absolute Gasteiger partial charge is 0.375 e. The Morgan fingerprint density at radius 2 is 2.09 bits per heavy atom. The van der Waals surface area contributed by atoms with E-state index in [1.807, 2.05) is 12.1 Å². The van der Waals surface area contributed by atoms with E-state index in [4.69, 9.17) is 4.74 Å². The third-order valence-electron chi connectivity index (χ3n) is 3.16. The number of rotatable bonds is 4. The van der Waals surface area contributed by atoms with Crippen LogP contribution in [0.1, 0.15) is 13.3 Å². The number of hydrogen-bond donors (Lipinski definition) is 2. The van der Waals surface area contributed by atoms with E-state index in [1.54, 1.807) is 19.1 Å². The van der Waals surface area contributed by atoms with Crippen LogP contribution in [0.3, 0.4) is 0 Å². The van der Waals surface area contributed by atoms with Gasteiger partial charge >= 0.3 is 5.97 Å². The van der Waals surface area contributed by atoms with E-state index in [2.05, 4.69) is 31.8 Å². The number of sulfone groups is 1. The molecule has 1 heterocycles. The van der Waals surface area contributed by atoms with Crippen LogP contribution in [0.15, 0.2) is 33.7 Å². The number of ether oxygens (including phenoxy) is 1. The van der Waals surface area contributed by atoms with Gasteiger partial charge in [0.15, 0.2) is 9.84 Å². The molecule has 2 rings (SSSR count). The lowest BCUT2D eigenvalue weighted by Gasteiger charge is -2.13. The molecule has 2 N–H and O–H groups in total. The van der Waals surface area contributed by atoms with Gasteiger partial charge in [0.25, 0.3) is 0 Å². The van der Waals surface area contributed by atoms with Gasteiger partial charge in [0.1, 0.15) is 0 Å². The van der Waals surface area contributed by atoms with Crippen molar-refractivity contribution in [3.05, 3.63) is 28.7 Å². The number of hydrogen-bond acceptors (Lipinski definition) is 6. The highest BCUT2D eigenvalue weighted by Gasteiger charge is 2.29. The number of halogens is 1. The fraction of sp³-hybridized carbons (Fsp3) is 0.429. The van der Waals surface area contributed by atoms with Crippen molar-refractivity contribution in [2.24, 2.45) is 4.99 Å². The molecule has 1 saturated heterocycles. The summed E-state index contributed by atoms with van der Waals surface area (Å²) in [6, 6.07) is 6.86. The quantitative estimate of drug-likeness (QED) is 0.342. The number of aliphatic imine (C=N–C) groups is 1. The Bertz CT molecular complexity index is 688. The third kappa shape index (κ3) is 5.51. The molecule has 0 spiro atoms. The Morgan fingerprint density at radius 1 is 1.39 bits per heavy atom. The summed E-state index contributed by atoms with van der Waals surface area (Å²) < 4.78 is 28.9. The van der Waals surface area contributed by atoms with Crippen molar-refractivity contribution in [2.75, 3.05) is 23.5 Å². The molecule has 1 aromatic rings. The van der Waals surface area contributed by atoms with Crippen molar-refractivity contribution in [3.8, 4) is 0 Å². The summed E-state index contributed by atoms with van der Waals surface area (Å²) in [7, 11) is -3.06. The van der Waals surface area contributed by atoms with Crippen molar-refractivity contribution >= 4 is 43.3 Å². The van der Waals surface area contributed by atoms with E-state index in [-0.39, 0.29) is 23.9 Å². The molecule has 1 aromatic carbocycles. The average Bonchev–Trinajstić information content (AvgIpc) is 2.84. The first-order chi connectivity index (χ1) is 10.9. The van der Waals surface area contributed by atoms with Crippen LogP contribution in [-0.2, 0) is 19.4 Å². The maximum Gasteiger partial charge on any atom is 0.375 e. The Hall–Kier alpha value is -1.61. The number of carbonyl (C=O) groups excluding carboxylic acids is 1. The summed E-state index contributed by atoms with van der Waals surface area (Å²) >= 11 is 3.34. The highest BCUT2D eigenvalue weighted by Crippen LogP contribution is 2.15. The van der Waals surface area contributed by atoms with Gasteiger partial charge in [-0.1, -0.05) is 15.9 Å². The van der Waals surface area contributed by atoms with E-state index < -0.39 is 21.8 Å². The Balaban J connectivity index is 2.08. The van der Waals surface area contributed by atoms with Crippen molar-refractivity contribution < 1.29 is 17.9 Å². The van der Waals surface area contributed by atoms with Gasteiger partial charge < -0.3 is 4.74 Å². The molecular weight excluding hydrogens is 386 g/mol. The van der Waals surface area contributed by atoms with Crippen LogP contribution in [0.25, 0.3) is 0 Å². The van der Waals surface area contributed by atoms with Gasteiger partial charge in [0.05, 0.1) is 29.8 Å². The molecule has 9 heteroatoms. The molecule has 0 radical (unpaired) electrons. The zero-order valence-electron chi connectivity index (χ0n) is 12.6. The summed E-state index contributed by atoms with van der Waals surface area (Å²) in [5, 5.41) is 0. The number of nitrogens with zero attached hydrogens (tertiary/aromatic N) is 1. The van der Waals surface area contributed by atoms with Crippen LogP contribution in [0.2, 0.25) is 0 Å². The predicted molar refractivity (Wildman–Crippen MR) is 92.0 cm³/mol. The molecule has 1 aliphatic heterocycles. The Labute approximate surface area is 143 Å². The molecule has 0 bridgehead atoms. The molecular formula is C14H18BrN3O4S. The standard InChI is InChI=1S/C14H18BrN3O4S/c1-2-22-14(19)13(16-12-7-8-23(20,21)9-12)18-17-11-5-3-10(15)4-6-11/h3-6,12,17H,2,7-9H2,1H3,(H,16,18)/t12-/m0/s1. The third-order valence-corrected chi connectivity index (χ3v) is 5.44. The van der Waals surface area contributed by atoms with Crippen LogP contribution in [-0.4, -0.2) is 44.4 Å². The molecule has 0 amide bonds. The molecule has 23 heavy (non-hydrogen) atoms. The van der Waals surface area contributed by atoms with Crippen LogP contribution < -0.4 is 10.9 Å². The van der Waals surface area contributed by atoms with Crippen LogP contribution in [0.5, 0.6) is 0 Å². The SMILES string of the molecule is CCOC(=O)C(=N[C@H]1CCS(=O)(=O)C1)NNc1ccc(Br)cc1. The van der Waals surface area contributed by atoms with Crippen LogP contribution >= 0.6 is 15.9 Å². The van der Waals surface area contributed by atoms with Gasteiger partial charge in [-0.25, -0.2) is 13.2 Å². The van der Waals surface area contributed by atoms with E-state index in [1.165, 1.54) is 0 Å². The van der Waals surface area contributed by atoms with Gasteiger partial charge in [0.2, 0.25) is 5.84 Å². The average molecular weight is 404 g/mol. The largest absolute Gasteiger partial charge is 0.460 e. The Morgan fingerprint density at radius 3 is 2.65 bits per heavy atom. The van der Waals surface area contributed by atoms with Crippen LogP contribution in [0, 0.1) is 0 Å². The molecule has 126 valence electrons. The summed E-state index contributed by atoms with van der Waals surface area (Å²) in [6.45, 7) is 1.90. The van der Waals surface area contributed by atoms with Crippen molar-refractivity contribution in [2.45, 2.75) is 19.4 Å². The number of esters is 1. The number of benzene rings is 1. The van der Waals surface area contributed by atoms with Gasteiger partial charge in [-0.05, 0) is 37.6 Å². The topological polar surface area (TPSA) is 96.9 Å². The molecule has 0 unspecified atom stereocenters. The van der Waals surface area contributed by atoms with E-state index in [0.29, 0.717) is 6.42 Å². The number of anilines is 1. The maximum atomic E-state index is 12.0. The zero-order valence-corrected chi connectivity index (χ0v) is 15.0. The predicted octanol–water partition coefficient (Wildman–Crippen LogP) is 1.51. The van der Waals surface area contributed by atoms with Gasteiger partial charge in [-0.15, -0.1) is 0 Å². The molecule has 7 nitrogen and oxygen atoms in total. The van der Waals surface area contributed by atoms with Crippen LogP contribution in [0.4, 0.5) is 5.69 Å². The summed E-state index contributed by atoms with van der Waals surface area (Å²) in [6.07, 6.45) is 0.408. The second-order valence-corrected chi connectivity index (χ2v) is 8.16. The number of carbonyl (C=O) groups is 1. The summed E-state index contributed by atoms with van der Waals surface area (Å²) in [5.74, 6) is -0.605. The molecule has 1 fully saturated rings. The first kappa shape index (κ1) is 17.7. The minimum Gasteiger partial charge on any atom is -0.460 e. The van der Waals surface area contributed by atoms with E-state index >= 15 is 0 Å². The minimum absolute atomic E-state index is 0.0307. The minimum atomic E-state index is -3.06. The first-order valence-electron chi connectivity index (χ1n) is 7.12. The Kier molecular flexibility index (Phi) is 6.00. The molecule has 1 atom stereocenters. The molecule has 0 aliphatic carbocycles. The molecule has 0 aromatic heterocycles. The number of amidine groups is 1. The number of hydrazine groups is 1. The normalized spacial score (nSPS) is 20.1. The fourth-order valence-electron chi connectivity index (χ4n) is 2.06. The second-order valence-electron chi connectivity index (χ2n) is 5.01. The lowest BCUT2D eigenvalue weighted by Crippen LogP contribution is -2.38. The fourth-order valence-corrected chi connectivity index (χ4v) is 3.95. The van der Waals surface area contributed by atoms with E-state index in [0.717, 1.165) is 10.2 Å². The van der Waals surface area contributed by atoms with Crippen molar-refractivity contribution in [1.29, 1.82) is 0 Å². The van der Waals surface area contributed by atoms with E-state index in [9.17, 15) is 13.2 Å². The highest BCUT2D eigenvalue weighted by molar-refractivity contribution is 9.10. The first-order valence-corrected chi connectivity index (χ1v) is 9.74. The van der Waals surface area contributed by atoms with Gasteiger partial charge in [-0.3, -0.25) is 15.8 Å². The monoisotopic (exact) mass is 403 g/mol. The summed E-state index contributed by atoms with van der Waals surface area (Å²) in [5.41, 5.74) is 6.29. The number of nitrogens with one attached hydrogen (secondary N) is 2. The van der Waals surface area contributed by atoms with Crippen molar-refractivity contribution in [1.82, 2.24) is 5.43 Å². The lowest BCUT2D eigenvalue weighted by atomic mass is 10.3. The maximum absolute atomic E-state index is 12.0. The lowest BCUT2D eigenvalue weighted by molar-refractivity contribution is -0.135. The molecule has 1 aliphatic rings. The second kappa shape index (κ2) is 7.78. The summed E-state index contributed by atoms with van der Waals surface area (Å²) in [4.78, 5) is 16.2. The van der Waals surface area contributed by atoms with Gasteiger partial charge in [-0.2, -0.15) is 0 Å². The highest BCUT2D eigenvalue weighted by atomic mass is 79.9. The zero-order chi connectivity index (χ0) is 16.9.